The van der Waals surface area contributed by atoms with Crippen molar-refractivity contribution in [3.05, 3.63) is 176 Å². The fraction of sp³-hybridized carbons (Fsp3) is 0. The maximum Gasteiger partial charge on any atom is 0.161 e. The summed E-state index contributed by atoms with van der Waals surface area (Å²) in [7, 11) is 0. The Hall–Kier alpha value is -7.17. The van der Waals surface area contributed by atoms with E-state index in [9.17, 15) is 0 Å². The molecule has 0 N–H and O–H groups in total. The maximum absolute atomic E-state index is 6.52. The molecule has 0 fully saturated rings. The molecule has 11 rings (SSSR count). The van der Waals surface area contributed by atoms with Gasteiger partial charge in [-0.2, -0.15) is 0 Å². The molecule has 246 valence electrons. The molecule has 10 aromatic rings. The van der Waals surface area contributed by atoms with Crippen molar-refractivity contribution in [3.8, 4) is 78.4 Å². The van der Waals surface area contributed by atoms with Gasteiger partial charge in [0.15, 0.2) is 11.4 Å². The number of benzene rings is 7. The van der Waals surface area contributed by atoms with Crippen LogP contribution in [0, 0.1) is 0 Å². The fourth-order valence-corrected chi connectivity index (χ4v) is 7.97. The molecule has 0 saturated carbocycles. The third-order valence-corrected chi connectivity index (χ3v) is 10.5. The van der Waals surface area contributed by atoms with Gasteiger partial charge in [-0.15, -0.1) is 0 Å². The highest BCUT2D eigenvalue weighted by molar-refractivity contribution is 6.15. The van der Waals surface area contributed by atoms with Crippen molar-refractivity contribution < 1.29 is 4.42 Å². The molecule has 3 aromatic heterocycles. The van der Waals surface area contributed by atoms with Crippen LogP contribution in [0.1, 0.15) is 0 Å². The second kappa shape index (κ2) is 11.7. The minimum Gasteiger partial charge on any atom is -0.454 e. The summed E-state index contributed by atoms with van der Waals surface area (Å²) in [5.74, 6) is 0.654. The number of fused-ring (bicyclic) bond motifs is 6. The predicted molar refractivity (Wildman–Crippen MR) is 216 cm³/mol. The smallest absolute Gasteiger partial charge is 0.161 e. The molecular formula is C49H29N3O. The Morgan fingerprint density at radius 2 is 1.06 bits per heavy atom. The summed E-state index contributed by atoms with van der Waals surface area (Å²) in [6.45, 7) is 0. The molecule has 53 heavy (non-hydrogen) atoms. The van der Waals surface area contributed by atoms with Crippen LogP contribution >= 0.6 is 0 Å². The zero-order valence-corrected chi connectivity index (χ0v) is 28.5. The normalized spacial score (nSPS) is 11.8. The minimum atomic E-state index is 0.654. The van der Waals surface area contributed by atoms with Crippen LogP contribution in [0.5, 0.6) is 0 Å². The molecule has 1 aliphatic carbocycles. The van der Waals surface area contributed by atoms with E-state index in [-0.39, 0.29) is 0 Å². The molecular weight excluding hydrogens is 647 g/mol. The van der Waals surface area contributed by atoms with E-state index in [1.54, 1.807) is 0 Å². The molecule has 0 saturated heterocycles. The average Bonchev–Trinajstić information content (AvgIpc) is 3.78. The molecule has 4 heteroatoms. The summed E-state index contributed by atoms with van der Waals surface area (Å²) in [6.07, 6.45) is 1.87. The summed E-state index contributed by atoms with van der Waals surface area (Å²) in [5.41, 5.74) is 16.4. The molecule has 4 nitrogen and oxygen atoms in total. The van der Waals surface area contributed by atoms with Gasteiger partial charge >= 0.3 is 0 Å². The monoisotopic (exact) mass is 675 g/mol. The fourth-order valence-electron chi connectivity index (χ4n) is 7.97. The summed E-state index contributed by atoms with van der Waals surface area (Å²) < 4.78 is 6.52. The second-order valence-electron chi connectivity index (χ2n) is 13.6. The zero-order chi connectivity index (χ0) is 34.9. The number of hydrogen-bond acceptors (Lipinski definition) is 4. The van der Waals surface area contributed by atoms with Crippen molar-refractivity contribution in [1.29, 1.82) is 0 Å². The van der Waals surface area contributed by atoms with Gasteiger partial charge in [0.2, 0.25) is 0 Å². The third kappa shape index (κ3) is 4.80. The van der Waals surface area contributed by atoms with E-state index in [1.165, 1.54) is 33.0 Å². The van der Waals surface area contributed by atoms with E-state index >= 15 is 0 Å². The summed E-state index contributed by atoms with van der Waals surface area (Å²) in [4.78, 5) is 15.2. The van der Waals surface area contributed by atoms with Gasteiger partial charge in [0.1, 0.15) is 11.1 Å². The van der Waals surface area contributed by atoms with Crippen LogP contribution in [-0.2, 0) is 0 Å². The summed E-state index contributed by atoms with van der Waals surface area (Å²) in [5, 5.41) is 3.58. The molecule has 1 aliphatic rings. The van der Waals surface area contributed by atoms with E-state index in [0.29, 0.717) is 5.82 Å². The standard InChI is InChI=1S/C49H29N3O/c1-3-11-30(12-4-1)43-29-44(31-13-5-2-6-14-31)52-49(51-43)36-26-34(25-35(27-36)37-23-24-50-47-41-17-7-8-20-45(41)53-48(37)47)33-21-22-38-39-18-9-15-32-16-10-19-40(46(32)39)42(38)28-33/h1-29H. The number of nitrogens with zero attached hydrogens (tertiary/aromatic N) is 3. The van der Waals surface area contributed by atoms with E-state index in [2.05, 4.69) is 109 Å². The Morgan fingerprint density at radius 1 is 0.396 bits per heavy atom. The Kier molecular flexibility index (Phi) is 6.52. The maximum atomic E-state index is 6.52. The van der Waals surface area contributed by atoms with Crippen molar-refractivity contribution in [2.45, 2.75) is 0 Å². The van der Waals surface area contributed by atoms with E-state index in [4.69, 9.17) is 19.4 Å². The Balaban J connectivity index is 1.16. The van der Waals surface area contributed by atoms with Crippen LogP contribution in [-0.4, -0.2) is 15.0 Å². The SMILES string of the molecule is c1ccc(-c2cc(-c3ccccc3)nc(-c3cc(-c4ccc5c(c4)-c4cccc6cccc-5c46)cc(-c4ccnc5c4oc4ccccc45)c3)n2)cc1. The van der Waals surface area contributed by atoms with Gasteiger partial charge in [0, 0.05) is 33.8 Å². The molecule has 0 unspecified atom stereocenters. The Bertz CT molecular complexity index is 2990. The first-order valence-corrected chi connectivity index (χ1v) is 17.8. The summed E-state index contributed by atoms with van der Waals surface area (Å²) >= 11 is 0. The number of para-hydroxylation sites is 1. The lowest BCUT2D eigenvalue weighted by Crippen LogP contribution is -1.97. The molecule has 0 aliphatic heterocycles. The van der Waals surface area contributed by atoms with Gasteiger partial charge in [-0.05, 0) is 98.2 Å². The minimum absolute atomic E-state index is 0.654. The predicted octanol–water partition coefficient (Wildman–Crippen LogP) is 12.9. The Morgan fingerprint density at radius 3 is 1.81 bits per heavy atom. The van der Waals surface area contributed by atoms with Gasteiger partial charge < -0.3 is 4.42 Å². The molecule has 0 bridgehead atoms. The van der Waals surface area contributed by atoms with Gasteiger partial charge in [-0.25, -0.2) is 9.97 Å². The largest absolute Gasteiger partial charge is 0.454 e. The lowest BCUT2D eigenvalue weighted by atomic mass is 9.93. The van der Waals surface area contributed by atoms with Crippen molar-refractivity contribution >= 4 is 32.8 Å². The van der Waals surface area contributed by atoms with Crippen molar-refractivity contribution in [2.75, 3.05) is 0 Å². The van der Waals surface area contributed by atoms with Crippen LogP contribution in [0.25, 0.3) is 111 Å². The zero-order valence-electron chi connectivity index (χ0n) is 28.5. The first-order chi connectivity index (χ1) is 26.2. The third-order valence-electron chi connectivity index (χ3n) is 10.5. The van der Waals surface area contributed by atoms with E-state index in [0.717, 1.165) is 72.4 Å². The Labute approximate surface area is 305 Å². The lowest BCUT2D eigenvalue weighted by Gasteiger charge is -2.14. The molecule has 7 aromatic carbocycles. The molecule has 0 spiro atoms. The second-order valence-corrected chi connectivity index (χ2v) is 13.6. The quantitative estimate of drug-likeness (QED) is 0.182. The van der Waals surface area contributed by atoms with Crippen molar-refractivity contribution in [3.63, 3.8) is 0 Å². The topological polar surface area (TPSA) is 51.8 Å². The van der Waals surface area contributed by atoms with Crippen LogP contribution in [0.15, 0.2) is 180 Å². The van der Waals surface area contributed by atoms with Crippen LogP contribution < -0.4 is 0 Å². The molecule has 0 atom stereocenters. The van der Waals surface area contributed by atoms with Crippen LogP contribution in [0.3, 0.4) is 0 Å². The van der Waals surface area contributed by atoms with Gasteiger partial charge in [-0.3, -0.25) is 4.98 Å². The highest BCUT2D eigenvalue weighted by Gasteiger charge is 2.22. The number of pyridine rings is 1. The van der Waals surface area contributed by atoms with Gasteiger partial charge in [0.05, 0.1) is 11.4 Å². The number of furan rings is 1. The van der Waals surface area contributed by atoms with Gasteiger partial charge in [0.25, 0.3) is 0 Å². The van der Waals surface area contributed by atoms with Crippen LogP contribution in [0.4, 0.5) is 0 Å². The average molecular weight is 676 g/mol. The van der Waals surface area contributed by atoms with Gasteiger partial charge in [-0.1, -0.05) is 121 Å². The first-order valence-electron chi connectivity index (χ1n) is 17.8. The number of hydrogen-bond donors (Lipinski definition) is 0. The van der Waals surface area contributed by atoms with Crippen molar-refractivity contribution in [2.24, 2.45) is 0 Å². The molecule has 0 radical (unpaired) electrons. The van der Waals surface area contributed by atoms with Crippen molar-refractivity contribution in [1.82, 2.24) is 15.0 Å². The summed E-state index contributed by atoms with van der Waals surface area (Å²) in [6, 6.07) is 59.6. The molecule has 3 heterocycles. The van der Waals surface area contributed by atoms with E-state index < -0.39 is 0 Å². The number of rotatable bonds is 5. The van der Waals surface area contributed by atoms with E-state index in [1.807, 2.05) is 66.9 Å². The highest BCUT2D eigenvalue weighted by Crippen LogP contribution is 2.49. The lowest BCUT2D eigenvalue weighted by molar-refractivity contribution is 0.669. The highest BCUT2D eigenvalue weighted by atomic mass is 16.3. The molecule has 0 amide bonds. The van der Waals surface area contributed by atoms with Crippen LogP contribution in [0.2, 0.25) is 0 Å². The first kappa shape index (κ1) is 29.5. The number of aromatic nitrogens is 3.